The minimum atomic E-state index is -4.51. The molecule has 0 unspecified atom stereocenters. The van der Waals surface area contributed by atoms with E-state index in [1.54, 1.807) is 0 Å². The van der Waals surface area contributed by atoms with Gasteiger partial charge in [0, 0.05) is 14.9 Å². The van der Waals surface area contributed by atoms with E-state index in [9.17, 15) is 13.2 Å². The van der Waals surface area contributed by atoms with Crippen molar-refractivity contribution in [3.63, 3.8) is 0 Å². The summed E-state index contributed by atoms with van der Waals surface area (Å²) in [4.78, 5) is 3.50. The summed E-state index contributed by atoms with van der Waals surface area (Å²) in [6.07, 6.45) is -4.51. The van der Waals surface area contributed by atoms with Gasteiger partial charge in [-0.1, -0.05) is 39.1 Å². The van der Waals surface area contributed by atoms with Gasteiger partial charge < -0.3 is 0 Å². The third-order valence-electron chi connectivity index (χ3n) is 2.07. The third kappa shape index (κ3) is 2.51. The minimum absolute atomic E-state index is 0.0674. The Morgan fingerprint density at radius 3 is 2.35 bits per heavy atom. The fourth-order valence-electron chi connectivity index (χ4n) is 1.36. The molecular formula is C10H3BrCl2F3N. The predicted octanol–water partition coefficient (Wildman–Crippen LogP) is 5.32. The zero-order chi connectivity index (χ0) is 12.8. The molecule has 0 N–H and O–H groups in total. The molecule has 1 heterocycles. The molecule has 2 rings (SSSR count). The molecule has 0 amide bonds. The van der Waals surface area contributed by atoms with Crippen LogP contribution < -0.4 is 0 Å². The Balaban J connectivity index is 2.83. The highest BCUT2D eigenvalue weighted by molar-refractivity contribution is 9.10. The summed E-state index contributed by atoms with van der Waals surface area (Å²) >= 11 is 14.6. The molecule has 0 radical (unpaired) electrons. The predicted molar refractivity (Wildman–Crippen MR) is 64.5 cm³/mol. The molecule has 0 saturated heterocycles. The number of halogens is 6. The van der Waals surface area contributed by atoms with E-state index in [1.165, 1.54) is 12.1 Å². The number of nitrogens with zero attached hydrogens (tertiary/aromatic N) is 1. The fourth-order valence-corrected chi connectivity index (χ4v) is 2.41. The lowest BCUT2D eigenvalue weighted by Gasteiger charge is -2.09. The quantitative estimate of drug-likeness (QED) is 0.630. The van der Waals surface area contributed by atoms with Gasteiger partial charge in [0.2, 0.25) is 0 Å². The fraction of sp³-hybridized carbons (Fsp3) is 0.100. The van der Waals surface area contributed by atoms with Gasteiger partial charge in [-0.05, 0) is 18.2 Å². The van der Waals surface area contributed by atoms with E-state index in [4.69, 9.17) is 23.2 Å². The minimum Gasteiger partial charge on any atom is -0.242 e. The molecule has 1 aromatic carbocycles. The molecule has 0 saturated carbocycles. The molecule has 2 aromatic rings. The maximum Gasteiger partial charge on any atom is 0.433 e. The zero-order valence-corrected chi connectivity index (χ0v) is 11.0. The first-order valence-corrected chi connectivity index (χ1v) is 5.86. The maximum atomic E-state index is 12.6. The van der Waals surface area contributed by atoms with E-state index in [0.717, 1.165) is 6.07 Å². The summed E-state index contributed by atoms with van der Waals surface area (Å²) in [6.45, 7) is 0. The van der Waals surface area contributed by atoms with Crippen molar-refractivity contribution >= 4 is 50.0 Å². The van der Waals surface area contributed by atoms with Crippen LogP contribution in [-0.2, 0) is 6.18 Å². The van der Waals surface area contributed by atoms with Gasteiger partial charge in [0.1, 0.15) is 5.69 Å². The van der Waals surface area contributed by atoms with Crippen LogP contribution in [0.4, 0.5) is 13.2 Å². The lowest BCUT2D eigenvalue weighted by Crippen LogP contribution is -2.08. The first-order valence-electron chi connectivity index (χ1n) is 4.31. The monoisotopic (exact) mass is 343 g/mol. The highest BCUT2D eigenvalue weighted by atomic mass is 79.9. The average Bonchev–Trinajstić information content (AvgIpc) is 2.17. The number of hydrogen-bond donors (Lipinski definition) is 0. The van der Waals surface area contributed by atoms with E-state index in [2.05, 4.69) is 20.9 Å². The lowest BCUT2D eigenvalue weighted by atomic mass is 10.2. The van der Waals surface area contributed by atoms with Gasteiger partial charge in [-0.3, -0.25) is 0 Å². The Kier molecular flexibility index (Phi) is 3.27. The number of benzene rings is 1. The molecule has 0 atom stereocenters. The SMILES string of the molecule is FC(F)(F)c1cc(Br)c2cc(Cl)cc(Cl)c2n1. The van der Waals surface area contributed by atoms with Crippen LogP contribution in [0.3, 0.4) is 0 Å². The van der Waals surface area contributed by atoms with Crippen LogP contribution in [0.5, 0.6) is 0 Å². The molecule has 0 fully saturated rings. The van der Waals surface area contributed by atoms with Gasteiger partial charge in [-0.25, -0.2) is 4.98 Å². The van der Waals surface area contributed by atoms with Gasteiger partial charge >= 0.3 is 6.18 Å². The Hall–Kier alpha value is -0.520. The van der Waals surface area contributed by atoms with Gasteiger partial charge in [0.05, 0.1) is 10.5 Å². The topological polar surface area (TPSA) is 12.9 Å². The molecule has 17 heavy (non-hydrogen) atoms. The molecule has 90 valence electrons. The van der Waals surface area contributed by atoms with Gasteiger partial charge in [0.25, 0.3) is 0 Å². The molecule has 7 heteroatoms. The van der Waals surface area contributed by atoms with Crippen LogP contribution in [0, 0.1) is 0 Å². The summed E-state index contributed by atoms with van der Waals surface area (Å²) in [5.74, 6) is 0. The van der Waals surface area contributed by atoms with Crippen molar-refractivity contribution in [2.45, 2.75) is 6.18 Å². The van der Waals surface area contributed by atoms with Crippen LogP contribution in [0.1, 0.15) is 5.69 Å². The first kappa shape index (κ1) is 12.9. The second-order valence-corrected chi connectivity index (χ2v) is 4.97. The number of pyridine rings is 1. The Labute approximate surface area is 113 Å². The van der Waals surface area contributed by atoms with Gasteiger partial charge in [-0.15, -0.1) is 0 Å². The molecule has 0 bridgehead atoms. The third-order valence-corrected chi connectivity index (χ3v) is 3.23. The Bertz CT molecular complexity index is 598. The van der Waals surface area contributed by atoms with E-state index < -0.39 is 11.9 Å². The second-order valence-electron chi connectivity index (χ2n) is 3.27. The molecule has 0 aliphatic rings. The van der Waals surface area contributed by atoms with Crippen molar-refractivity contribution < 1.29 is 13.2 Å². The summed E-state index contributed by atoms with van der Waals surface area (Å²) < 4.78 is 37.9. The number of fused-ring (bicyclic) bond motifs is 1. The molecule has 1 nitrogen and oxygen atoms in total. The van der Waals surface area contributed by atoms with Crippen molar-refractivity contribution in [1.29, 1.82) is 0 Å². The molecular weight excluding hydrogens is 342 g/mol. The highest BCUT2D eigenvalue weighted by Gasteiger charge is 2.33. The Morgan fingerprint density at radius 1 is 1.12 bits per heavy atom. The summed E-state index contributed by atoms with van der Waals surface area (Å²) in [5.41, 5.74) is -0.932. The van der Waals surface area contributed by atoms with Crippen LogP contribution >= 0.6 is 39.1 Å². The molecule has 0 aliphatic carbocycles. The normalized spacial score (nSPS) is 12.1. The Morgan fingerprint density at radius 2 is 1.76 bits per heavy atom. The van der Waals surface area contributed by atoms with E-state index >= 15 is 0 Å². The summed E-state index contributed by atoms with van der Waals surface area (Å²) in [6, 6.07) is 3.75. The van der Waals surface area contributed by atoms with Gasteiger partial charge in [0.15, 0.2) is 0 Å². The highest BCUT2D eigenvalue weighted by Crippen LogP contribution is 2.36. The zero-order valence-electron chi connectivity index (χ0n) is 7.95. The number of hydrogen-bond acceptors (Lipinski definition) is 1. The van der Waals surface area contributed by atoms with Crippen LogP contribution in [0.2, 0.25) is 10.0 Å². The van der Waals surface area contributed by atoms with Crippen molar-refractivity contribution in [2.75, 3.05) is 0 Å². The standard InChI is InChI=1S/C10H3BrCl2F3N/c11-6-3-8(10(14,15)16)17-9-5(6)1-4(12)2-7(9)13/h1-3H. The van der Waals surface area contributed by atoms with Crippen molar-refractivity contribution in [3.8, 4) is 0 Å². The van der Waals surface area contributed by atoms with E-state index in [0.29, 0.717) is 10.4 Å². The summed E-state index contributed by atoms with van der Waals surface area (Å²) in [7, 11) is 0. The second kappa shape index (κ2) is 4.30. The first-order chi connectivity index (χ1) is 7.79. The summed E-state index contributed by atoms with van der Waals surface area (Å²) in [5, 5.41) is 0.861. The lowest BCUT2D eigenvalue weighted by molar-refractivity contribution is -0.141. The average molecular weight is 345 g/mol. The number of rotatable bonds is 0. The molecule has 0 aliphatic heterocycles. The van der Waals surface area contributed by atoms with Crippen LogP contribution in [-0.4, -0.2) is 4.98 Å². The smallest absolute Gasteiger partial charge is 0.242 e. The molecule has 1 aromatic heterocycles. The number of aromatic nitrogens is 1. The largest absolute Gasteiger partial charge is 0.433 e. The van der Waals surface area contributed by atoms with Crippen molar-refractivity contribution in [2.24, 2.45) is 0 Å². The van der Waals surface area contributed by atoms with E-state index in [-0.39, 0.29) is 15.0 Å². The van der Waals surface area contributed by atoms with Crippen molar-refractivity contribution in [3.05, 3.63) is 38.4 Å². The molecule has 0 spiro atoms. The van der Waals surface area contributed by atoms with Crippen LogP contribution in [0.15, 0.2) is 22.7 Å². The van der Waals surface area contributed by atoms with Crippen LogP contribution in [0.25, 0.3) is 10.9 Å². The number of alkyl halides is 3. The van der Waals surface area contributed by atoms with Gasteiger partial charge in [-0.2, -0.15) is 13.2 Å². The maximum absolute atomic E-state index is 12.6. The van der Waals surface area contributed by atoms with Crippen molar-refractivity contribution in [1.82, 2.24) is 4.98 Å². The van der Waals surface area contributed by atoms with E-state index in [1.807, 2.05) is 0 Å².